The smallest absolute Gasteiger partial charge is 0.226 e. The number of nitrogens with zero attached hydrogens (tertiary/aromatic N) is 1. The molecule has 2 amide bonds. The molecule has 3 rings (SSSR count). The molecule has 1 aliphatic heterocycles. The van der Waals surface area contributed by atoms with Gasteiger partial charge in [0.2, 0.25) is 11.8 Å². The number of hydrogen-bond donors (Lipinski definition) is 2. The molecule has 1 saturated carbocycles. The van der Waals surface area contributed by atoms with E-state index in [0.717, 1.165) is 12.8 Å². The van der Waals surface area contributed by atoms with Crippen LogP contribution >= 0.6 is 0 Å². The number of allylic oxidation sites excluding steroid dienone is 2. The summed E-state index contributed by atoms with van der Waals surface area (Å²) >= 11 is 0. The van der Waals surface area contributed by atoms with Crippen LogP contribution in [0.4, 0.5) is 0 Å². The van der Waals surface area contributed by atoms with Crippen molar-refractivity contribution in [3.63, 3.8) is 0 Å². The van der Waals surface area contributed by atoms with E-state index in [4.69, 9.17) is 4.74 Å². The summed E-state index contributed by atoms with van der Waals surface area (Å²) in [4.78, 5) is 27.4. The molecule has 3 aliphatic rings. The van der Waals surface area contributed by atoms with Gasteiger partial charge >= 0.3 is 0 Å². The van der Waals surface area contributed by atoms with Gasteiger partial charge in [-0.05, 0) is 31.6 Å². The number of morpholine rings is 1. The Kier molecular flexibility index (Phi) is 7.08. The number of ether oxygens (including phenoxy) is 1. The van der Waals surface area contributed by atoms with Crippen LogP contribution in [0.3, 0.4) is 0 Å². The Morgan fingerprint density at radius 2 is 1.73 bits per heavy atom. The first kappa shape index (κ1) is 19.4. The summed E-state index contributed by atoms with van der Waals surface area (Å²) in [6.07, 6.45) is 10.4. The van der Waals surface area contributed by atoms with Gasteiger partial charge in [-0.25, -0.2) is 0 Å². The average Bonchev–Trinajstić information content (AvgIpc) is 2.72. The minimum atomic E-state index is -0.480. The maximum Gasteiger partial charge on any atom is 0.226 e. The standard InChI is InChI=1S/C20H32N2O4/c23-18(15-6-2-1-3-7-15)14-21-19(24)16-8-4-5-9-17(16)20(25)22-10-12-26-13-11-22/h4-5,15-18,23H,1-3,6-14H2,(H,21,24)/t16-,17-,18-/m0/s1. The zero-order valence-electron chi connectivity index (χ0n) is 15.6. The Hall–Kier alpha value is -1.40. The molecule has 146 valence electrons. The van der Waals surface area contributed by atoms with Gasteiger partial charge in [0.15, 0.2) is 0 Å². The van der Waals surface area contributed by atoms with E-state index in [-0.39, 0.29) is 23.7 Å². The molecule has 1 heterocycles. The molecular weight excluding hydrogens is 332 g/mol. The fraction of sp³-hybridized carbons (Fsp3) is 0.800. The molecule has 0 aromatic rings. The highest BCUT2D eigenvalue weighted by Crippen LogP contribution is 2.29. The molecular formula is C20H32N2O4. The molecule has 0 bridgehead atoms. The zero-order valence-corrected chi connectivity index (χ0v) is 15.6. The molecule has 6 heteroatoms. The molecule has 3 atom stereocenters. The SMILES string of the molecule is O=C(NC[C@H](O)C1CCCCC1)[C@H]1CC=CC[C@@H]1C(=O)N1CCOCC1. The van der Waals surface area contributed by atoms with Crippen LogP contribution in [-0.4, -0.2) is 60.8 Å². The van der Waals surface area contributed by atoms with Crippen LogP contribution in [-0.2, 0) is 14.3 Å². The second kappa shape index (κ2) is 9.51. The van der Waals surface area contributed by atoms with Crippen LogP contribution in [0.25, 0.3) is 0 Å². The summed E-state index contributed by atoms with van der Waals surface area (Å²) in [7, 11) is 0. The summed E-state index contributed by atoms with van der Waals surface area (Å²) in [5.74, 6) is -0.388. The summed E-state index contributed by atoms with van der Waals surface area (Å²) in [5.41, 5.74) is 0. The molecule has 0 radical (unpaired) electrons. The molecule has 0 spiro atoms. The maximum atomic E-state index is 12.9. The molecule has 0 aromatic carbocycles. The molecule has 2 fully saturated rings. The number of carbonyl (C=O) groups is 2. The normalized spacial score (nSPS) is 28.6. The molecule has 0 aromatic heterocycles. The summed E-state index contributed by atoms with van der Waals surface area (Å²) in [6.45, 7) is 2.64. The van der Waals surface area contributed by atoms with Gasteiger partial charge in [0.05, 0.1) is 31.2 Å². The largest absolute Gasteiger partial charge is 0.391 e. The van der Waals surface area contributed by atoms with Crippen LogP contribution in [0.15, 0.2) is 12.2 Å². The fourth-order valence-electron chi connectivity index (χ4n) is 4.42. The minimum absolute atomic E-state index is 0.0608. The Balaban J connectivity index is 1.53. The summed E-state index contributed by atoms with van der Waals surface area (Å²) in [6, 6.07) is 0. The van der Waals surface area contributed by atoms with Crippen molar-refractivity contribution in [1.29, 1.82) is 0 Å². The van der Waals surface area contributed by atoms with Crippen LogP contribution in [0, 0.1) is 17.8 Å². The highest BCUT2D eigenvalue weighted by Gasteiger charge is 2.37. The number of hydrogen-bond acceptors (Lipinski definition) is 4. The third-order valence-electron chi connectivity index (χ3n) is 6.09. The molecule has 2 aliphatic carbocycles. The topological polar surface area (TPSA) is 78.9 Å². The van der Waals surface area contributed by atoms with E-state index in [1.807, 2.05) is 17.1 Å². The molecule has 26 heavy (non-hydrogen) atoms. The lowest BCUT2D eigenvalue weighted by Gasteiger charge is -2.34. The van der Waals surface area contributed by atoms with E-state index in [9.17, 15) is 14.7 Å². The Bertz CT molecular complexity index is 510. The first-order valence-electron chi connectivity index (χ1n) is 10.1. The van der Waals surface area contributed by atoms with Gasteiger partial charge in [-0.2, -0.15) is 0 Å². The monoisotopic (exact) mass is 364 g/mol. The molecule has 0 unspecified atom stereocenters. The number of rotatable bonds is 5. The third-order valence-corrected chi connectivity index (χ3v) is 6.09. The zero-order chi connectivity index (χ0) is 18.4. The van der Waals surface area contributed by atoms with Crippen molar-refractivity contribution < 1.29 is 19.4 Å². The first-order valence-corrected chi connectivity index (χ1v) is 10.1. The van der Waals surface area contributed by atoms with Crippen molar-refractivity contribution >= 4 is 11.8 Å². The molecule has 1 saturated heterocycles. The van der Waals surface area contributed by atoms with Crippen molar-refractivity contribution in [3.8, 4) is 0 Å². The van der Waals surface area contributed by atoms with Crippen LogP contribution < -0.4 is 5.32 Å². The highest BCUT2D eigenvalue weighted by atomic mass is 16.5. The predicted molar refractivity (Wildman–Crippen MR) is 98.3 cm³/mol. The number of aliphatic hydroxyl groups excluding tert-OH is 1. The van der Waals surface area contributed by atoms with Crippen molar-refractivity contribution in [2.24, 2.45) is 17.8 Å². The van der Waals surface area contributed by atoms with Crippen LogP contribution in [0.5, 0.6) is 0 Å². The summed E-state index contributed by atoms with van der Waals surface area (Å²) in [5, 5.41) is 13.3. The lowest BCUT2D eigenvalue weighted by Crippen LogP contribution is -2.49. The van der Waals surface area contributed by atoms with Crippen LogP contribution in [0.1, 0.15) is 44.9 Å². The van der Waals surface area contributed by atoms with Gasteiger partial charge in [-0.15, -0.1) is 0 Å². The van der Waals surface area contributed by atoms with Crippen molar-refractivity contribution in [2.75, 3.05) is 32.8 Å². The first-order chi connectivity index (χ1) is 12.7. The van der Waals surface area contributed by atoms with E-state index < -0.39 is 6.10 Å². The lowest BCUT2D eigenvalue weighted by molar-refractivity contribution is -0.145. The quantitative estimate of drug-likeness (QED) is 0.725. The second-order valence-electron chi connectivity index (χ2n) is 7.80. The molecule has 2 N–H and O–H groups in total. The van der Waals surface area contributed by atoms with Crippen molar-refractivity contribution in [2.45, 2.75) is 51.0 Å². The van der Waals surface area contributed by atoms with Gasteiger partial charge < -0.3 is 20.1 Å². The Labute approximate surface area is 156 Å². The van der Waals surface area contributed by atoms with Crippen molar-refractivity contribution in [3.05, 3.63) is 12.2 Å². The van der Waals surface area contributed by atoms with Crippen LogP contribution in [0.2, 0.25) is 0 Å². The van der Waals surface area contributed by atoms with E-state index in [1.54, 1.807) is 0 Å². The van der Waals surface area contributed by atoms with Gasteiger partial charge in [0.25, 0.3) is 0 Å². The fourth-order valence-corrected chi connectivity index (χ4v) is 4.42. The van der Waals surface area contributed by atoms with E-state index in [0.29, 0.717) is 51.6 Å². The average molecular weight is 364 g/mol. The van der Waals surface area contributed by atoms with Gasteiger partial charge in [0.1, 0.15) is 0 Å². The Morgan fingerprint density at radius 3 is 2.42 bits per heavy atom. The number of aliphatic hydroxyl groups is 1. The molecule has 6 nitrogen and oxygen atoms in total. The second-order valence-corrected chi connectivity index (χ2v) is 7.80. The predicted octanol–water partition coefficient (Wildman–Crippen LogP) is 1.48. The highest BCUT2D eigenvalue weighted by molar-refractivity contribution is 5.88. The van der Waals surface area contributed by atoms with Gasteiger partial charge in [-0.3, -0.25) is 9.59 Å². The summed E-state index contributed by atoms with van der Waals surface area (Å²) < 4.78 is 5.32. The third kappa shape index (κ3) is 4.86. The van der Waals surface area contributed by atoms with E-state index >= 15 is 0 Å². The number of nitrogens with one attached hydrogen (secondary N) is 1. The minimum Gasteiger partial charge on any atom is -0.391 e. The lowest BCUT2D eigenvalue weighted by atomic mass is 9.81. The van der Waals surface area contributed by atoms with Crippen molar-refractivity contribution in [1.82, 2.24) is 10.2 Å². The number of carbonyl (C=O) groups excluding carboxylic acids is 2. The van der Waals surface area contributed by atoms with Gasteiger partial charge in [-0.1, -0.05) is 31.4 Å². The number of amides is 2. The maximum absolute atomic E-state index is 12.9. The van der Waals surface area contributed by atoms with E-state index in [2.05, 4.69) is 5.32 Å². The van der Waals surface area contributed by atoms with Gasteiger partial charge in [0, 0.05) is 19.6 Å². The Morgan fingerprint density at radius 1 is 1.08 bits per heavy atom. The van der Waals surface area contributed by atoms with E-state index in [1.165, 1.54) is 19.3 Å².